The Bertz CT molecular complexity index is 1230. The molecule has 0 saturated carbocycles. The lowest BCUT2D eigenvalue weighted by Gasteiger charge is -2.26. The Morgan fingerprint density at radius 2 is 1.57 bits per heavy atom. The second kappa shape index (κ2) is 9.30. The van der Waals surface area contributed by atoms with Crippen molar-refractivity contribution in [1.29, 1.82) is 0 Å². The second-order valence-electron chi connectivity index (χ2n) is 8.49. The van der Waals surface area contributed by atoms with E-state index in [2.05, 4.69) is 5.32 Å². The van der Waals surface area contributed by atoms with Crippen LogP contribution in [0, 0.1) is 0 Å². The lowest BCUT2D eigenvalue weighted by atomic mass is 10.0. The lowest BCUT2D eigenvalue weighted by molar-refractivity contribution is -0.160. The van der Waals surface area contributed by atoms with E-state index in [1.807, 2.05) is 0 Å². The third-order valence-corrected chi connectivity index (χ3v) is 7.30. The number of carbonyl (C=O) groups excluding carboxylic acids is 3. The largest absolute Gasteiger partial charge is 0.416 e. The number of rotatable bonds is 8. The minimum absolute atomic E-state index is 0.0303. The van der Waals surface area contributed by atoms with Crippen LogP contribution in [-0.2, 0) is 25.6 Å². The third kappa shape index (κ3) is 5.62. The highest BCUT2D eigenvalue weighted by atomic mass is 32.2. The highest BCUT2D eigenvalue weighted by molar-refractivity contribution is 7.91. The average Bonchev–Trinajstić information content (AvgIpc) is 2.98. The highest BCUT2D eigenvalue weighted by Gasteiger charge is 2.45. The van der Waals surface area contributed by atoms with E-state index in [0.29, 0.717) is 11.1 Å². The minimum atomic E-state index is -4.48. The maximum Gasteiger partial charge on any atom is 0.416 e. The fourth-order valence-electron chi connectivity index (χ4n) is 3.55. The smallest absolute Gasteiger partial charge is 0.324 e. The molecule has 4 amide bonds. The first-order valence-corrected chi connectivity index (χ1v) is 11.9. The fourth-order valence-corrected chi connectivity index (χ4v) is 5.06. The van der Waals surface area contributed by atoms with Gasteiger partial charge in [-0.1, -0.05) is 24.3 Å². The van der Waals surface area contributed by atoms with Gasteiger partial charge in [0.05, 0.1) is 28.8 Å². The molecular weight excluding hydrogens is 491 g/mol. The number of benzene rings is 2. The van der Waals surface area contributed by atoms with E-state index in [-0.39, 0.29) is 16.4 Å². The normalized spacial score (nSPS) is 16.7. The monoisotopic (exact) mass is 513 g/mol. The van der Waals surface area contributed by atoms with E-state index in [1.165, 1.54) is 50.2 Å². The molecule has 0 unspecified atom stereocenters. The molecule has 0 spiro atoms. The number of sulfone groups is 1. The van der Waals surface area contributed by atoms with Crippen LogP contribution >= 0.6 is 0 Å². The van der Waals surface area contributed by atoms with Crippen molar-refractivity contribution in [2.45, 2.75) is 36.5 Å². The molecule has 1 fully saturated rings. The maximum absolute atomic E-state index is 12.9. The molecular formula is C22H22F3N3O6S. The van der Waals surface area contributed by atoms with Crippen molar-refractivity contribution in [3.05, 3.63) is 54.1 Å². The summed E-state index contributed by atoms with van der Waals surface area (Å²) in [5.41, 5.74) is -1.14. The van der Waals surface area contributed by atoms with Crippen molar-refractivity contribution in [1.82, 2.24) is 15.3 Å². The van der Waals surface area contributed by atoms with E-state index >= 15 is 0 Å². The van der Waals surface area contributed by atoms with Crippen LogP contribution in [-0.4, -0.2) is 65.8 Å². The van der Waals surface area contributed by atoms with Crippen molar-refractivity contribution in [3.63, 3.8) is 0 Å². The summed E-state index contributed by atoms with van der Waals surface area (Å²) in [5.74, 6) is -1.45. The van der Waals surface area contributed by atoms with E-state index in [0.717, 1.165) is 17.0 Å². The van der Waals surface area contributed by atoms with Crippen molar-refractivity contribution in [2.75, 3.05) is 12.3 Å². The van der Waals surface area contributed by atoms with Crippen LogP contribution in [0.25, 0.3) is 11.1 Å². The molecule has 13 heteroatoms. The van der Waals surface area contributed by atoms with Gasteiger partial charge in [0.15, 0.2) is 9.84 Å². The first-order chi connectivity index (χ1) is 16.2. The summed E-state index contributed by atoms with van der Waals surface area (Å²) >= 11 is 0. The number of urea groups is 1. The topological polar surface area (TPSA) is 124 Å². The number of hydroxylamine groups is 2. The van der Waals surface area contributed by atoms with E-state index in [1.54, 1.807) is 0 Å². The van der Waals surface area contributed by atoms with Gasteiger partial charge < -0.3 is 5.32 Å². The van der Waals surface area contributed by atoms with Crippen LogP contribution in [0.1, 0.15) is 19.4 Å². The van der Waals surface area contributed by atoms with Crippen LogP contribution in [0.4, 0.5) is 18.0 Å². The van der Waals surface area contributed by atoms with Crippen molar-refractivity contribution in [2.24, 2.45) is 0 Å². The Labute approximate surface area is 199 Å². The van der Waals surface area contributed by atoms with Gasteiger partial charge in [-0.15, -0.1) is 0 Å². The zero-order chi connectivity index (χ0) is 26.2. The molecule has 3 rings (SSSR count). The first kappa shape index (κ1) is 26.2. The number of carbonyl (C=O) groups is 3. The van der Waals surface area contributed by atoms with Gasteiger partial charge in [-0.3, -0.25) is 19.7 Å². The number of imide groups is 1. The predicted molar refractivity (Wildman–Crippen MR) is 117 cm³/mol. The van der Waals surface area contributed by atoms with Gasteiger partial charge in [0, 0.05) is 0 Å². The van der Waals surface area contributed by atoms with Gasteiger partial charge in [-0.25, -0.2) is 18.3 Å². The lowest BCUT2D eigenvalue weighted by Crippen LogP contribution is -2.48. The SMILES string of the molecule is CC1(C)NC(=O)N(C[C@@H](CS(=O)(=O)c2ccc(-c3ccc(C(F)(F)F)cc3)cc2)N(O)C=O)C1=O. The summed E-state index contributed by atoms with van der Waals surface area (Å²) < 4.78 is 64.1. The maximum atomic E-state index is 12.9. The molecule has 1 atom stereocenters. The summed E-state index contributed by atoms with van der Waals surface area (Å²) in [5, 5.41) is 12.4. The Hall–Kier alpha value is -3.45. The molecule has 1 saturated heterocycles. The first-order valence-electron chi connectivity index (χ1n) is 10.2. The van der Waals surface area contributed by atoms with Crippen LogP contribution in [0.5, 0.6) is 0 Å². The molecule has 188 valence electrons. The summed E-state index contributed by atoms with van der Waals surface area (Å²) in [6.07, 6.45) is -4.51. The Morgan fingerprint density at radius 3 is 2.00 bits per heavy atom. The Balaban J connectivity index is 1.80. The summed E-state index contributed by atoms with van der Waals surface area (Å²) in [6.45, 7) is 2.34. The van der Waals surface area contributed by atoms with Crippen molar-refractivity contribution in [3.8, 4) is 11.1 Å². The number of hydrogen-bond donors (Lipinski definition) is 2. The number of nitrogens with zero attached hydrogens (tertiary/aromatic N) is 2. The van der Waals surface area contributed by atoms with Crippen molar-refractivity contribution >= 4 is 28.2 Å². The van der Waals surface area contributed by atoms with Crippen LogP contribution in [0.15, 0.2) is 53.4 Å². The summed E-state index contributed by atoms with van der Waals surface area (Å²) in [7, 11) is -4.12. The molecule has 2 aromatic carbocycles. The quantitative estimate of drug-likeness (QED) is 0.242. The number of nitrogens with one attached hydrogen (secondary N) is 1. The van der Waals surface area contributed by atoms with Gasteiger partial charge >= 0.3 is 12.2 Å². The number of hydrogen-bond acceptors (Lipinski definition) is 6. The minimum Gasteiger partial charge on any atom is -0.324 e. The predicted octanol–water partition coefficient (Wildman–Crippen LogP) is 2.69. The summed E-state index contributed by atoms with van der Waals surface area (Å²) in [6, 6.07) is 7.39. The van der Waals surface area contributed by atoms with E-state index < -0.39 is 57.4 Å². The number of alkyl halides is 3. The second-order valence-corrected chi connectivity index (χ2v) is 10.5. The molecule has 0 aromatic heterocycles. The molecule has 0 radical (unpaired) electrons. The molecule has 0 aliphatic carbocycles. The van der Waals surface area contributed by atoms with Gasteiger partial charge in [-0.05, 0) is 49.2 Å². The standard InChI is InChI=1S/C22H22F3N3O6S/c1-21(2)19(30)27(20(31)26-21)11-17(28(32)13-29)12-35(33,34)18-9-5-15(6-10-18)14-3-7-16(8-4-14)22(23,24)25/h3-10,13,17,32H,11-12H2,1-2H3,(H,26,31)/t17-/m0/s1. The van der Waals surface area contributed by atoms with Crippen LogP contribution in [0.3, 0.4) is 0 Å². The molecule has 0 bridgehead atoms. The average molecular weight is 513 g/mol. The molecule has 2 aromatic rings. The summed E-state index contributed by atoms with van der Waals surface area (Å²) in [4.78, 5) is 36.2. The van der Waals surface area contributed by atoms with Crippen LogP contribution in [0.2, 0.25) is 0 Å². The highest BCUT2D eigenvalue weighted by Crippen LogP contribution is 2.31. The molecule has 1 aliphatic rings. The molecule has 1 heterocycles. The van der Waals surface area contributed by atoms with Gasteiger partial charge in [0.25, 0.3) is 5.91 Å². The Morgan fingerprint density at radius 1 is 1.06 bits per heavy atom. The van der Waals surface area contributed by atoms with Gasteiger partial charge in [0.1, 0.15) is 5.54 Å². The van der Waals surface area contributed by atoms with Gasteiger partial charge in [0.2, 0.25) is 6.41 Å². The molecule has 1 aliphatic heterocycles. The van der Waals surface area contributed by atoms with Crippen LogP contribution < -0.4 is 5.32 Å². The van der Waals surface area contributed by atoms with E-state index in [9.17, 15) is 41.2 Å². The number of halogens is 3. The molecule has 35 heavy (non-hydrogen) atoms. The molecule has 9 nitrogen and oxygen atoms in total. The zero-order valence-corrected chi connectivity index (χ0v) is 19.4. The number of amides is 4. The van der Waals surface area contributed by atoms with Gasteiger partial charge in [-0.2, -0.15) is 13.2 Å². The van der Waals surface area contributed by atoms with Crippen molar-refractivity contribution < 1.29 is 41.2 Å². The Kier molecular flexibility index (Phi) is 6.95. The third-order valence-electron chi connectivity index (χ3n) is 5.49. The zero-order valence-electron chi connectivity index (χ0n) is 18.6. The molecule has 2 N–H and O–H groups in total. The fraction of sp³-hybridized carbons (Fsp3) is 0.318. The van der Waals surface area contributed by atoms with E-state index in [4.69, 9.17) is 0 Å².